The first-order valence-corrected chi connectivity index (χ1v) is 14.9. The largest absolute Gasteiger partial charge is 0.481 e. The monoisotopic (exact) mass is 563 g/mol. The molecule has 1 saturated heterocycles. The van der Waals surface area contributed by atoms with Gasteiger partial charge in [-0.1, -0.05) is 91.8 Å². The number of nitrogens with one attached hydrogen (secondary N) is 1. The van der Waals surface area contributed by atoms with Gasteiger partial charge in [-0.05, 0) is 41.7 Å². The number of ether oxygens (including phenoxy) is 1. The number of carboxylic acid groups (broad SMARTS) is 1. The highest BCUT2D eigenvalue weighted by Gasteiger charge is 2.59. The Kier molecular flexibility index (Phi) is 8.62. The van der Waals surface area contributed by atoms with Gasteiger partial charge in [-0.15, -0.1) is 0 Å². The molecule has 1 aliphatic carbocycles. The van der Waals surface area contributed by atoms with Crippen LogP contribution in [0.1, 0.15) is 97.5 Å². The van der Waals surface area contributed by atoms with Crippen molar-refractivity contribution in [1.29, 1.82) is 0 Å². The summed E-state index contributed by atoms with van der Waals surface area (Å²) in [5, 5.41) is 14.5. The summed E-state index contributed by atoms with van der Waals surface area (Å²) in [6.45, 7) is 17.4. The minimum atomic E-state index is -0.949. The number of rotatable bonds is 7. The van der Waals surface area contributed by atoms with Crippen molar-refractivity contribution in [1.82, 2.24) is 15.2 Å². The molecule has 1 aromatic carbocycles. The van der Waals surface area contributed by atoms with Gasteiger partial charge >= 0.3 is 5.97 Å². The zero-order valence-corrected chi connectivity index (χ0v) is 26.3. The number of amides is 1. The second-order valence-corrected chi connectivity index (χ2v) is 14.9. The number of methoxy groups -OCH3 is 1. The predicted octanol–water partition coefficient (Wildman–Crippen LogP) is 6.37. The van der Waals surface area contributed by atoms with Crippen molar-refractivity contribution < 1.29 is 19.4 Å². The lowest BCUT2D eigenvalue weighted by Gasteiger charge is -2.35. The minimum absolute atomic E-state index is 0.0378. The Morgan fingerprint density at radius 3 is 2.24 bits per heavy atom. The van der Waals surface area contributed by atoms with Crippen LogP contribution in [-0.4, -0.2) is 46.1 Å². The number of carbonyl (C=O) groups is 2. The molecule has 0 spiro atoms. The molecule has 2 aliphatic rings. The Bertz CT molecular complexity index is 1240. The number of benzene rings is 1. The maximum absolute atomic E-state index is 14.4. The maximum Gasteiger partial charge on any atom is 0.326 e. The molecule has 2 fully saturated rings. The molecule has 1 unspecified atom stereocenters. The van der Waals surface area contributed by atoms with E-state index in [0.717, 1.165) is 36.1 Å². The molecule has 4 rings (SSSR count). The van der Waals surface area contributed by atoms with Crippen molar-refractivity contribution in [3.05, 3.63) is 59.3 Å². The van der Waals surface area contributed by atoms with E-state index in [-0.39, 0.29) is 34.6 Å². The number of hydrogen-bond acceptors (Lipinski definition) is 5. The fourth-order valence-corrected chi connectivity index (χ4v) is 7.01. The summed E-state index contributed by atoms with van der Waals surface area (Å²) in [6.07, 6.45) is 2.53. The van der Waals surface area contributed by atoms with Crippen LogP contribution in [0, 0.1) is 22.7 Å². The van der Waals surface area contributed by atoms with Gasteiger partial charge in [0.1, 0.15) is 6.04 Å². The van der Waals surface area contributed by atoms with Gasteiger partial charge in [-0.2, -0.15) is 0 Å². The lowest BCUT2D eigenvalue weighted by atomic mass is 9.72. The average Bonchev–Trinajstić information content (AvgIpc) is 3.44. The van der Waals surface area contributed by atoms with E-state index in [2.05, 4.69) is 60.7 Å². The van der Waals surface area contributed by atoms with E-state index in [9.17, 15) is 14.7 Å². The van der Waals surface area contributed by atoms with E-state index in [0.29, 0.717) is 12.4 Å². The molecule has 0 bridgehead atoms. The number of pyridine rings is 1. The summed E-state index contributed by atoms with van der Waals surface area (Å²) in [6, 6.07) is 12.3. The van der Waals surface area contributed by atoms with Crippen molar-refractivity contribution in [3.63, 3.8) is 0 Å². The molecule has 7 nitrogen and oxygen atoms in total. The molecule has 7 heteroatoms. The third-order valence-electron chi connectivity index (χ3n) is 9.06. The third-order valence-corrected chi connectivity index (χ3v) is 9.06. The van der Waals surface area contributed by atoms with Crippen molar-refractivity contribution in [3.8, 4) is 5.88 Å². The smallest absolute Gasteiger partial charge is 0.326 e. The number of aliphatic carboxylic acids is 1. The van der Waals surface area contributed by atoms with Crippen LogP contribution >= 0.6 is 0 Å². The molecule has 1 aromatic heterocycles. The number of hydrogen-bond donors (Lipinski definition) is 2. The maximum atomic E-state index is 14.4. The predicted molar refractivity (Wildman–Crippen MR) is 162 cm³/mol. The highest BCUT2D eigenvalue weighted by molar-refractivity contribution is 5.87. The van der Waals surface area contributed by atoms with E-state index in [1.807, 2.05) is 42.5 Å². The Hall–Kier alpha value is -2.93. The fraction of sp³-hybridized carbons (Fsp3) is 0.618. The van der Waals surface area contributed by atoms with Gasteiger partial charge in [0, 0.05) is 41.1 Å². The first-order chi connectivity index (χ1) is 19.0. The molecular weight excluding hydrogens is 514 g/mol. The number of nitrogens with zero attached hydrogens (tertiary/aromatic N) is 2. The van der Waals surface area contributed by atoms with E-state index < -0.39 is 23.5 Å². The van der Waals surface area contributed by atoms with Gasteiger partial charge in [0.15, 0.2) is 0 Å². The van der Waals surface area contributed by atoms with Crippen LogP contribution in [0.25, 0.3) is 0 Å². The minimum Gasteiger partial charge on any atom is -0.481 e. The Morgan fingerprint density at radius 1 is 1.07 bits per heavy atom. The molecule has 224 valence electrons. The highest BCUT2D eigenvalue weighted by Crippen LogP contribution is 2.51. The summed E-state index contributed by atoms with van der Waals surface area (Å²) in [5.41, 5.74) is 2.35. The SMILES string of the molecule is COc1nc(C(C)(C)C)ccc1CN[C@H]1[C@H](C(C)(C)C)[C@@H](C(=O)O)N(C(=O)C2CCC(C)(C)C2)[C@H]1c1ccccc1. The second-order valence-electron chi connectivity index (χ2n) is 14.9. The number of aromatic nitrogens is 1. The van der Waals surface area contributed by atoms with Crippen LogP contribution in [0.3, 0.4) is 0 Å². The molecule has 2 heterocycles. The van der Waals surface area contributed by atoms with Crippen LogP contribution in [0.4, 0.5) is 0 Å². The molecule has 1 aliphatic heterocycles. The summed E-state index contributed by atoms with van der Waals surface area (Å²) in [4.78, 5) is 34.0. The van der Waals surface area contributed by atoms with Crippen molar-refractivity contribution in [2.24, 2.45) is 22.7 Å². The number of carbonyl (C=O) groups excluding carboxylic acids is 1. The standard InChI is InChI=1S/C34H49N3O4/c1-32(2,3)24-16-15-23(29(36-24)41-9)20-35-26-25(33(4,5)6)28(31(39)40)37(27(26)21-13-11-10-12-14-21)30(38)22-17-18-34(7,8)19-22/h10-16,22,25-28,35H,17-20H2,1-9H3,(H,39,40)/t22?,25-,26-,27-,28-/m0/s1. The first kappa shape index (κ1) is 31.0. The van der Waals surface area contributed by atoms with Gasteiger partial charge in [-0.3, -0.25) is 4.79 Å². The zero-order chi connectivity index (χ0) is 30.3. The van der Waals surface area contributed by atoms with Gasteiger partial charge < -0.3 is 20.1 Å². The number of likely N-dealkylation sites (tertiary alicyclic amines) is 1. The average molecular weight is 564 g/mol. The fourth-order valence-electron chi connectivity index (χ4n) is 7.01. The summed E-state index contributed by atoms with van der Waals surface area (Å²) in [7, 11) is 1.63. The quantitative estimate of drug-likeness (QED) is 0.407. The lowest BCUT2D eigenvalue weighted by molar-refractivity contribution is -0.154. The second kappa shape index (κ2) is 11.4. The van der Waals surface area contributed by atoms with Crippen molar-refractivity contribution >= 4 is 11.9 Å². The van der Waals surface area contributed by atoms with Gasteiger partial charge in [-0.25, -0.2) is 9.78 Å². The van der Waals surface area contributed by atoms with E-state index in [4.69, 9.17) is 9.72 Å². The summed E-state index contributed by atoms with van der Waals surface area (Å²) in [5.74, 6) is -0.941. The Labute approximate surface area is 246 Å². The third kappa shape index (κ3) is 6.45. The molecular formula is C34H49N3O4. The summed E-state index contributed by atoms with van der Waals surface area (Å²) < 4.78 is 5.70. The van der Waals surface area contributed by atoms with Crippen LogP contribution in [-0.2, 0) is 21.5 Å². The van der Waals surface area contributed by atoms with Crippen LogP contribution < -0.4 is 10.1 Å². The number of carboxylic acids is 1. The van der Waals surface area contributed by atoms with E-state index in [1.165, 1.54) is 0 Å². The molecule has 41 heavy (non-hydrogen) atoms. The normalized spacial score (nSPS) is 26.3. The Balaban J connectivity index is 1.79. The zero-order valence-electron chi connectivity index (χ0n) is 26.3. The highest BCUT2D eigenvalue weighted by atomic mass is 16.5. The first-order valence-electron chi connectivity index (χ1n) is 14.9. The molecule has 1 amide bonds. The van der Waals surface area contributed by atoms with E-state index >= 15 is 0 Å². The van der Waals surface area contributed by atoms with Gasteiger partial charge in [0.05, 0.1) is 13.2 Å². The topological polar surface area (TPSA) is 91.8 Å². The lowest BCUT2D eigenvalue weighted by Crippen LogP contribution is -2.49. The molecule has 5 atom stereocenters. The van der Waals surface area contributed by atoms with E-state index in [1.54, 1.807) is 12.0 Å². The van der Waals surface area contributed by atoms with Crippen LogP contribution in [0.2, 0.25) is 0 Å². The van der Waals surface area contributed by atoms with Gasteiger partial charge in [0.2, 0.25) is 11.8 Å². The molecule has 1 saturated carbocycles. The molecule has 0 radical (unpaired) electrons. The van der Waals surface area contributed by atoms with Crippen molar-refractivity contribution in [2.45, 2.75) is 105 Å². The summed E-state index contributed by atoms with van der Waals surface area (Å²) >= 11 is 0. The Morgan fingerprint density at radius 2 is 1.73 bits per heavy atom. The van der Waals surface area contributed by atoms with Gasteiger partial charge in [0.25, 0.3) is 0 Å². The van der Waals surface area contributed by atoms with Crippen LogP contribution in [0.15, 0.2) is 42.5 Å². The van der Waals surface area contributed by atoms with Crippen LogP contribution in [0.5, 0.6) is 5.88 Å². The molecule has 2 N–H and O–H groups in total. The molecule has 2 aromatic rings. The van der Waals surface area contributed by atoms with Crippen molar-refractivity contribution in [2.75, 3.05) is 7.11 Å².